The third kappa shape index (κ3) is 9.69. The summed E-state index contributed by atoms with van der Waals surface area (Å²) in [6, 6.07) is 14.0. The Hall–Kier alpha value is -3.69. The number of methoxy groups -OCH3 is 1. The molecule has 0 bridgehead atoms. The summed E-state index contributed by atoms with van der Waals surface area (Å²) in [5, 5.41) is 17.5. The van der Waals surface area contributed by atoms with E-state index in [4.69, 9.17) is 14.2 Å². The van der Waals surface area contributed by atoms with E-state index < -0.39 is 34.1 Å². The Morgan fingerprint density at radius 3 is 2.50 bits per heavy atom. The van der Waals surface area contributed by atoms with Gasteiger partial charge in [-0.1, -0.05) is 13.0 Å². The lowest BCUT2D eigenvalue weighted by atomic mass is 10.0. The van der Waals surface area contributed by atoms with Gasteiger partial charge >= 0.3 is 6.03 Å². The van der Waals surface area contributed by atoms with Crippen molar-refractivity contribution in [3.63, 3.8) is 0 Å². The average Bonchev–Trinajstić information content (AvgIpc) is 3.62. The summed E-state index contributed by atoms with van der Waals surface area (Å²) in [6.45, 7) is 5.96. The van der Waals surface area contributed by atoms with Gasteiger partial charge in [-0.05, 0) is 87.0 Å². The lowest BCUT2D eigenvalue weighted by Gasteiger charge is -2.35. The molecule has 0 aliphatic carbocycles. The molecule has 4 rings (SSSR count). The molecule has 48 heavy (non-hydrogen) atoms. The minimum Gasteiger partial charge on any atom is -0.497 e. The van der Waals surface area contributed by atoms with E-state index in [-0.39, 0.29) is 41.5 Å². The Bertz CT molecular complexity index is 1600. The number of amides is 3. The first kappa shape index (κ1) is 37.1. The number of rotatable bonds is 9. The maximum absolute atomic E-state index is 14.3. The van der Waals surface area contributed by atoms with Crippen LogP contribution in [0.25, 0.3) is 0 Å². The maximum Gasteiger partial charge on any atom is 0.323 e. The molecule has 14 heteroatoms. The molecule has 1 aliphatic heterocycles. The number of likely N-dealkylation sites (N-methyl/N-ethyl adjacent to an activating group) is 1. The third-order valence-corrected chi connectivity index (χ3v) is 11.5. The van der Waals surface area contributed by atoms with E-state index in [0.29, 0.717) is 35.9 Å². The molecule has 0 radical (unpaired) electrons. The highest BCUT2D eigenvalue weighted by molar-refractivity contribution is 7.91. The molecule has 4 atom stereocenters. The van der Waals surface area contributed by atoms with Crippen LogP contribution in [0.3, 0.4) is 0 Å². The van der Waals surface area contributed by atoms with E-state index in [0.717, 1.165) is 24.2 Å². The van der Waals surface area contributed by atoms with Crippen molar-refractivity contribution in [3.8, 4) is 11.5 Å². The van der Waals surface area contributed by atoms with Crippen LogP contribution in [-0.2, 0) is 14.8 Å². The Morgan fingerprint density at radius 1 is 1.12 bits per heavy atom. The molecule has 0 fully saturated rings. The van der Waals surface area contributed by atoms with Crippen molar-refractivity contribution in [3.05, 3.63) is 65.5 Å². The molecular formula is C34H46N4O8S2. The van der Waals surface area contributed by atoms with Crippen LogP contribution in [0, 0.1) is 5.92 Å². The molecular weight excluding hydrogens is 657 g/mol. The fraction of sp³-hybridized carbons (Fsp3) is 0.471. The van der Waals surface area contributed by atoms with E-state index in [1.807, 2.05) is 13.8 Å². The van der Waals surface area contributed by atoms with Gasteiger partial charge in [-0.2, -0.15) is 4.31 Å². The summed E-state index contributed by atoms with van der Waals surface area (Å²) < 4.78 is 45.8. The number of benzene rings is 2. The number of aliphatic hydroxyl groups excluding tert-OH is 1. The van der Waals surface area contributed by atoms with E-state index in [1.165, 1.54) is 11.4 Å². The quantitative estimate of drug-likeness (QED) is 0.264. The number of anilines is 2. The van der Waals surface area contributed by atoms with Crippen LogP contribution < -0.4 is 20.1 Å². The lowest BCUT2D eigenvalue weighted by Crippen LogP contribution is -2.48. The fourth-order valence-electron chi connectivity index (χ4n) is 5.35. The molecule has 1 aromatic heterocycles. The number of ether oxygens (including phenoxy) is 3. The molecule has 3 amide bonds. The molecule has 0 saturated heterocycles. The second kappa shape index (κ2) is 17.1. The molecule has 1 aliphatic rings. The Morgan fingerprint density at radius 2 is 1.83 bits per heavy atom. The monoisotopic (exact) mass is 702 g/mol. The first-order chi connectivity index (χ1) is 22.9. The smallest absolute Gasteiger partial charge is 0.323 e. The van der Waals surface area contributed by atoms with Crippen LogP contribution in [0.1, 0.15) is 50.4 Å². The molecule has 3 N–H and O–H groups in total. The highest BCUT2D eigenvalue weighted by Gasteiger charge is 2.32. The van der Waals surface area contributed by atoms with Gasteiger partial charge in [0.05, 0.1) is 37.5 Å². The van der Waals surface area contributed by atoms with Crippen molar-refractivity contribution < 1.29 is 37.3 Å². The Balaban J connectivity index is 1.61. The fourth-order valence-corrected chi connectivity index (χ4v) is 7.73. The van der Waals surface area contributed by atoms with Crippen molar-refractivity contribution in [2.24, 2.45) is 5.92 Å². The SMILES string of the molecule is COc1ccc(NC(=O)Nc2ccc3c(c2)C(=O)N([C@H](C)CO)C[C@H](C)[C@@H](CN(C)S(=O)(=O)c2cccs2)OCCCC[C@H](C)O3)cc1. The van der Waals surface area contributed by atoms with Gasteiger partial charge in [0.15, 0.2) is 0 Å². The predicted molar refractivity (Wildman–Crippen MR) is 187 cm³/mol. The van der Waals surface area contributed by atoms with Crippen LogP contribution in [0.2, 0.25) is 0 Å². The van der Waals surface area contributed by atoms with Crippen LogP contribution in [0.15, 0.2) is 64.2 Å². The first-order valence-electron chi connectivity index (χ1n) is 16.0. The summed E-state index contributed by atoms with van der Waals surface area (Å²) in [6.07, 6.45) is 1.49. The molecule has 0 spiro atoms. The molecule has 3 aromatic rings. The van der Waals surface area contributed by atoms with Gasteiger partial charge in [0, 0.05) is 44.0 Å². The highest BCUT2D eigenvalue weighted by Crippen LogP contribution is 2.29. The summed E-state index contributed by atoms with van der Waals surface area (Å²) in [5.74, 6) is 0.305. The number of sulfonamides is 1. The number of thiophene rings is 1. The minimum atomic E-state index is -3.72. The molecule has 2 heterocycles. The van der Waals surface area contributed by atoms with Crippen molar-refractivity contribution in [1.29, 1.82) is 0 Å². The minimum absolute atomic E-state index is 0.0877. The number of nitrogens with one attached hydrogen (secondary N) is 2. The number of carbonyl (C=O) groups is 2. The highest BCUT2D eigenvalue weighted by atomic mass is 32.2. The Labute approximate surface area is 287 Å². The number of aliphatic hydroxyl groups is 1. The summed E-state index contributed by atoms with van der Waals surface area (Å²) >= 11 is 1.15. The van der Waals surface area contributed by atoms with E-state index >= 15 is 0 Å². The van der Waals surface area contributed by atoms with Crippen molar-refractivity contribution in [2.45, 2.75) is 62.5 Å². The lowest BCUT2D eigenvalue weighted by molar-refractivity contribution is -0.00832. The molecule has 262 valence electrons. The zero-order chi connectivity index (χ0) is 34.8. The number of nitrogens with zero attached hydrogens (tertiary/aromatic N) is 2. The number of hydrogen-bond donors (Lipinski definition) is 3. The zero-order valence-corrected chi connectivity index (χ0v) is 29.7. The summed E-state index contributed by atoms with van der Waals surface area (Å²) in [5.41, 5.74) is 1.16. The number of urea groups is 1. The van der Waals surface area contributed by atoms with Crippen LogP contribution >= 0.6 is 11.3 Å². The van der Waals surface area contributed by atoms with Crippen molar-refractivity contribution in [2.75, 3.05) is 51.1 Å². The van der Waals surface area contributed by atoms with Crippen LogP contribution in [0.5, 0.6) is 11.5 Å². The largest absolute Gasteiger partial charge is 0.497 e. The van der Waals surface area contributed by atoms with Gasteiger partial charge in [-0.15, -0.1) is 11.3 Å². The third-order valence-electron chi connectivity index (χ3n) is 8.25. The number of carbonyl (C=O) groups excluding carboxylic acids is 2. The van der Waals surface area contributed by atoms with E-state index in [9.17, 15) is 23.1 Å². The zero-order valence-electron chi connectivity index (χ0n) is 28.0. The standard InChI is InChI=1S/C34H46N4O8S2/c1-23-20-38(24(2)22-39)33(40)29-19-27(36-34(41)35-26-11-14-28(44-5)15-12-26)13-16-30(29)46-25(3)9-6-7-17-45-31(23)21-37(4)48(42,43)32-10-8-18-47-32/h8,10-16,18-19,23-25,31,39H,6-7,9,17,20-22H2,1-5H3,(H2,35,36,41)/t23-,24+,25-,31+/m0/s1. The van der Waals surface area contributed by atoms with E-state index in [2.05, 4.69) is 10.6 Å². The predicted octanol–water partition coefficient (Wildman–Crippen LogP) is 5.52. The molecule has 12 nitrogen and oxygen atoms in total. The van der Waals surface area contributed by atoms with Crippen LogP contribution in [0.4, 0.5) is 16.2 Å². The van der Waals surface area contributed by atoms with Crippen LogP contribution in [-0.4, -0.2) is 93.4 Å². The maximum atomic E-state index is 14.3. The molecule has 0 unspecified atom stereocenters. The topological polar surface area (TPSA) is 147 Å². The van der Waals surface area contributed by atoms with Gasteiger partial charge in [-0.25, -0.2) is 13.2 Å². The first-order valence-corrected chi connectivity index (χ1v) is 18.3. The summed E-state index contributed by atoms with van der Waals surface area (Å²) in [7, 11) is -0.628. The molecule has 2 aromatic carbocycles. The van der Waals surface area contributed by atoms with Gasteiger partial charge in [-0.3, -0.25) is 4.79 Å². The van der Waals surface area contributed by atoms with Crippen molar-refractivity contribution >= 4 is 44.7 Å². The van der Waals surface area contributed by atoms with Gasteiger partial charge < -0.3 is 34.9 Å². The number of fused-ring (bicyclic) bond motifs is 1. The second-order valence-electron chi connectivity index (χ2n) is 12.0. The normalized spacial score (nSPS) is 20.3. The average molecular weight is 703 g/mol. The van der Waals surface area contributed by atoms with E-state index in [1.54, 1.807) is 78.9 Å². The second-order valence-corrected chi connectivity index (χ2v) is 15.3. The molecule has 0 saturated carbocycles. The van der Waals surface area contributed by atoms with Gasteiger partial charge in [0.1, 0.15) is 15.7 Å². The number of hydrogen-bond acceptors (Lipinski definition) is 9. The van der Waals surface area contributed by atoms with Gasteiger partial charge in [0.2, 0.25) is 0 Å². The summed E-state index contributed by atoms with van der Waals surface area (Å²) in [4.78, 5) is 28.8. The van der Waals surface area contributed by atoms with Gasteiger partial charge in [0.25, 0.3) is 15.9 Å². The van der Waals surface area contributed by atoms with Crippen molar-refractivity contribution in [1.82, 2.24) is 9.21 Å². The Kier molecular flexibility index (Phi) is 13.2.